The van der Waals surface area contributed by atoms with Crippen LogP contribution in [0.3, 0.4) is 0 Å². The van der Waals surface area contributed by atoms with Crippen molar-refractivity contribution in [2.75, 3.05) is 0 Å². The van der Waals surface area contributed by atoms with Gasteiger partial charge in [0, 0.05) is 18.4 Å². The Labute approximate surface area is 112 Å². The van der Waals surface area contributed by atoms with Gasteiger partial charge in [0.15, 0.2) is 5.84 Å². The van der Waals surface area contributed by atoms with Crippen molar-refractivity contribution >= 4 is 11.7 Å². The molecule has 4 N–H and O–H groups in total. The van der Waals surface area contributed by atoms with Crippen LogP contribution in [0.25, 0.3) is 0 Å². The first-order valence-corrected chi connectivity index (χ1v) is 6.25. The molecule has 0 aliphatic heterocycles. The molecule has 6 heteroatoms. The van der Waals surface area contributed by atoms with Crippen molar-refractivity contribution in [1.29, 1.82) is 0 Å². The molecular weight excluding hydrogens is 244 g/mol. The molecule has 1 aromatic heterocycles. The van der Waals surface area contributed by atoms with Gasteiger partial charge in [-0.3, -0.25) is 9.78 Å². The summed E-state index contributed by atoms with van der Waals surface area (Å²) in [5.41, 5.74) is 7.36. The molecule has 0 spiro atoms. The largest absolute Gasteiger partial charge is 0.409 e. The topological polar surface area (TPSA) is 101 Å². The molecule has 1 aromatic rings. The summed E-state index contributed by atoms with van der Waals surface area (Å²) >= 11 is 0. The zero-order valence-corrected chi connectivity index (χ0v) is 11.3. The van der Waals surface area contributed by atoms with Gasteiger partial charge >= 0.3 is 0 Å². The molecule has 1 atom stereocenters. The lowest BCUT2D eigenvalue weighted by atomic mass is 10.0. The molecule has 104 valence electrons. The summed E-state index contributed by atoms with van der Waals surface area (Å²) in [5, 5.41) is 14.4. The Balaban J connectivity index is 2.59. The summed E-state index contributed by atoms with van der Waals surface area (Å²) in [5.74, 6) is -0.882. The van der Waals surface area contributed by atoms with Gasteiger partial charge in [-0.1, -0.05) is 24.6 Å². The van der Waals surface area contributed by atoms with E-state index in [2.05, 4.69) is 15.5 Å². The Hall–Kier alpha value is -2.11. The van der Waals surface area contributed by atoms with Gasteiger partial charge in [-0.15, -0.1) is 0 Å². The lowest BCUT2D eigenvalue weighted by Gasteiger charge is -2.14. The molecule has 1 amide bonds. The fraction of sp³-hybridized carbons (Fsp3) is 0.462. The van der Waals surface area contributed by atoms with Crippen LogP contribution in [0.15, 0.2) is 23.5 Å². The second-order valence-corrected chi connectivity index (χ2v) is 4.39. The predicted molar refractivity (Wildman–Crippen MR) is 72.6 cm³/mol. The Morgan fingerprint density at radius 2 is 2.32 bits per heavy atom. The molecule has 0 aromatic carbocycles. The highest BCUT2D eigenvalue weighted by atomic mass is 16.4. The van der Waals surface area contributed by atoms with Crippen LogP contribution in [-0.4, -0.2) is 21.9 Å². The number of hydrogen-bond acceptors (Lipinski definition) is 4. The molecular formula is C13H20N4O2. The molecule has 1 unspecified atom stereocenters. The Kier molecular flexibility index (Phi) is 5.78. The highest BCUT2D eigenvalue weighted by Gasteiger charge is 2.21. The lowest BCUT2D eigenvalue weighted by Crippen LogP contribution is -2.38. The number of nitrogens with one attached hydrogen (secondary N) is 1. The van der Waals surface area contributed by atoms with Crippen LogP contribution < -0.4 is 11.1 Å². The summed E-state index contributed by atoms with van der Waals surface area (Å²) in [6.07, 6.45) is 3.04. The van der Waals surface area contributed by atoms with E-state index in [0.717, 1.165) is 17.7 Å². The quantitative estimate of drug-likeness (QED) is 0.311. The van der Waals surface area contributed by atoms with Gasteiger partial charge in [0.2, 0.25) is 5.91 Å². The van der Waals surface area contributed by atoms with Crippen molar-refractivity contribution in [2.24, 2.45) is 16.8 Å². The van der Waals surface area contributed by atoms with Crippen molar-refractivity contribution < 1.29 is 10.0 Å². The number of nitrogens with zero attached hydrogens (tertiary/aromatic N) is 2. The smallest absolute Gasteiger partial charge is 0.231 e. The van der Waals surface area contributed by atoms with Crippen LogP contribution >= 0.6 is 0 Å². The molecule has 0 aliphatic rings. The number of amidine groups is 1. The zero-order valence-electron chi connectivity index (χ0n) is 11.3. The monoisotopic (exact) mass is 264 g/mol. The standard InChI is InChI=1S/C13H20N4O2/c1-3-4-11(12(14)17-19)13(18)16-8-10-6-5-9(2)15-7-10/h5-7,11,19H,3-4,8H2,1-2H3,(H2,14,17)(H,16,18). The molecule has 0 aliphatic carbocycles. The van der Waals surface area contributed by atoms with Gasteiger partial charge in [-0.2, -0.15) is 0 Å². The number of amides is 1. The fourth-order valence-corrected chi connectivity index (χ4v) is 1.69. The van der Waals surface area contributed by atoms with Gasteiger partial charge in [0.05, 0.1) is 5.92 Å². The summed E-state index contributed by atoms with van der Waals surface area (Å²) in [6, 6.07) is 3.79. The van der Waals surface area contributed by atoms with E-state index in [1.54, 1.807) is 6.20 Å². The number of carbonyl (C=O) groups is 1. The summed E-state index contributed by atoms with van der Waals surface area (Å²) in [4.78, 5) is 16.1. The second-order valence-electron chi connectivity index (χ2n) is 4.39. The van der Waals surface area contributed by atoms with E-state index in [0.29, 0.717) is 13.0 Å². The van der Waals surface area contributed by atoms with Crippen LogP contribution in [0.1, 0.15) is 31.0 Å². The summed E-state index contributed by atoms with van der Waals surface area (Å²) in [7, 11) is 0. The summed E-state index contributed by atoms with van der Waals surface area (Å²) in [6.45, 7) is 4.22. The molecule has 0 fully saturated rings. The molecule has 0 saturated carbocycles. The number of carbonyl (C=O) groups excluding carboxylic acids is 1. The predicted octanol–water partition coefficient (Wildman–Crippen LogP) is 1.17. The van der Waals surface area contributed by atoms with Crippen LogP contribution in [-0.2, 0) is 11.3 Å². The van der Waals surface area contributed by atoms with Crippen LogP contribution in [0.2, 0.25) is 0 Å². The van der Waals surface area contributed by atoms with Crippen molar-refractivity contribution in [1.82, 2.24) is 10.3 Å². The maximum Gasteiger partial charge on any atom is 0.231 e. The number of rotatable bonds is 6. The van der Waals surface area contributed by atoms with E-state index in [9.17, 15) is 4.79 Å². The Bertz CT molecular complexity index is 442. The highest BCUT2D eigenvalue weighted by Crippen LogP contribution is 2.07. The molecule has 0 saturated heterocycles. The van der Waals surface area contributed by atoms with Crippen molar-refractivity contribution in [3.63, 3.8) is 0 Å². The third kappa shape index (κ3) is 4.57. The third-order valence-electron chi connectivity index (χ3n) is 2.81. The number of aromatic nitrogens is 1. The number of oxime groups is 1. The first kappa shape index (κ1) is 14.9. The van der Waals surface area contributed by atoms with E-state index in [1.807, 2.05) is 26.0 Å². The molecule has 0 bridgehead atoms. The van der Waals surface area contributed by atoms with E-state index in [-0.39, 0.29) is 11.7 Å². The van der Waals surface area contributed by atoms with Crippen molar-refractivity contribution in [2.45, 2.75) is 33.2 Å². The minimum atomic E-state index is -0.589. The van der Waals surface area contributed by atoms with Crippen LogP contribution in [0.5, 0.6) is 0 Å². The number of hydrogen-bond donors (Lipinski definition) is 3. The minimum absolute atomic E-state index is 0.0543. The van der Waals surface area contributed by atoms with Gasteiger partial charge < -0.3 is 16.3 Å². The zero-order chi connectivity index (χ0) is 14.3. The first-order chi connectivity index (χ1) is 9.08. The molecule has 19 heavy (non-hydrogen) atoms. The van der Waals surface area contributed by atoms with Crippen molar-refractivity contribution in [3.8, 4) is 0 Å². The van der Waals surface area contributed by atoms with E-state index < -0.39 is 5.92 Å². The number of aryl methyl sites for hydroxylation is 1. The number of nitrogens with two attached hydrogens (primary N) is 1. The number of pyridine rings is 1. The average Bonchev–Trinajstić information content (AvgIpc) is 2.43. The first-order valence-electron chi connectivity index (χ1n) is 6.25. The maximum absolute atomic E-state index is 12.0. The SMILES string of the molecule is CCCC(C(=O)NCc1ccc(C)nc1)C(N)=NO. The van der Waals surface area contributed by atoms with Crippen LogP contribution in [0.4, 0.5) is 0 Å². The third-order valence-corrected chi connectivity index (χ3v) is 2.81. The van der Waals surface area contributed by atoms with E-state index in [1.165, 1.54) is 0 Å². The van der Waals surface area contributed by atoms with E-state index >= 15 is 0 Å². The lowest BCUT2D eigenvalue weighted by molar-refractivity contribution is -0.123. The fourth-order valence-electron chi connectivity index (χ4n) is 1.69. The van der Waals surface area contributed by atoms with Gasteiger partial charge in [-0.25, -0.2) is 0 Å². The molecule has 0 radical (unpaired) electrons. The Morgan fingerprint density at radius 3 is 2.84 bits per heavy atom. The minimum Gasteiger partial charge on any atom is -0.409 e. The molecule has 1 rings (SSSR count). The molecule has 1 heterocycles. The van der Waals surface area contributed by atoms with Gasteiger partial charge in [-0.05, 0) is 25.0 Å². The van der Waals surface area contributed by atoms with Crippen LogP contribution in [0, 0.1) is 12.8 Å². The normalized spacial score (nSPS) is 13.1. The van der Waals surface area contributed by atoms with Crippen molar-refractivity contribution in [3.05, 3.63) is 29.6 Å². The maximum atomic E-state index is 12.0. The highest BCUT2D eigenvalue weighted by molar-refractivity contribution is 6.01. The molecule has 6 nitrogen and oxygen atoms in total. The second kappa shape index (κ2) is 7.35. The van der Waals surface area contributed by atoms with E-state index in [4.69, 9.17) is 10.9 Å². The average molecular weight is 264 g/mol. The Morgan fingerprint density at radius 1 is 1.58 bits per heavy atom. The van der Waals surface area contributed by atoms with Gasteiger partial charge in [0.25, 0.3) is 0 Å². The van der Waals surface area contributed by atoms with Gasteiger partial charge in [0.1, 0.15) is 0 Å². The summed E-state index contributed by atoms with van der Waals surface area (Å²) < 4.78 is 0.